The molecular formula is C23H34ClFO. The molecule has 2 fully saturated rings. The summed E-state index contributed by atoms with van der Waals surface area (Å²) in [6.45, 7) is 4.79. The fourth-order valence-electron chi connectivity index (χ4n) is 5.10. The molecule has 2 aliphatic carbocycles. The van der Waals surface area contributed by atoms with Crippen molar-refractivity contribution in [1.29, 1.82) is 0 Å². The Labute approximate surface area is 163 Å². The zero-order chi connectivity index (χ0) is 18.5. The quantitative estimate of drug-likeness (QED) is 0.498. The van der Waals surface area contributed by atoms with Gasteiger partial charge in [0.15, 0.2) is 0 Å². The predicted molar refractivity (Wildman–Crippen MR) is 107 cm³/mol. The van der Waals surface area contributed by atoms with Crippen molar-refractivity contribution >= 4 is 11.6 Å². The van der Waals surface area contributed by atoms with Gasteiger partial charge in [-0.3, -0.25) is 0 Å². The predicted octanol–water partition coefficient (Wildman–Crippen LogP) is 7.44. The fourth-order valence-corrected chi connectivity index (χ4v) is 5.34. The van der Waals surface area contributed by atoms with Gasteiger partial charge in [-0.1, -0.05) is 50.3 Å². The van der Waals surface area contributed by atoms with Gasteiger partial charge in [-0.15, -0.1) is 0 Å². The first kappa shape index (κ1) is 20.0. The van der Waals surface area contributed by atoms with Crippen molar-refractivity contribution in [2.45, 2.75) is 78.1 Å². The summed E-state index contributed by atoms with van der Waals surface area (Å²) in [4.78, 5) is 0. The number of rotatable bonds is 6. The first-order valence-corrected chi connectivity index (χ1v) is 11.1. The van der Waals surface area contributed by atoms with E-state index in [1.165, 1.54) is 51.4 Å². The minimum Gasteiger partial charge on any atom is -0.492 e. The van der Waals surface area contributed by atoms with Gasteiger partial charge in [0.2, 0.25) is 0 Å². The summed E-state index contributed by atoms with van der Waals surface area (Å²) in [5.41, 5.74) is 0.738. The Hall–Kier alpha value is -0.760. The topological polar surface area (TPSA) is 9.23 Å². The second-order valence-electron chi connectivity index (χ2n) is 8.62. The Morgan fingerprint density at radius 1 is 1.00 bits per heavy atom. The Kier molecular flexibility index (Phi) is 7.26. The molecule has 0 spiro atoms. The number of benzene rings is 1. The van der Waals surface area contributed by atoms with E-state index in [0.717, 1.165) is 42.1 Å². The SMILES string of the molecule is CCOc1ccc(CCC2CCC(C3CCC(C)CC3)CC2)c(F)c1Cl. The van der Waals surface area contributed by atoms with E-state index in [2.05, 4.69) is 6.92 Å². The minimum atomic E-state index is -0.289. The van der Waals surface area contributed by atoms with E-state index in [1.807, 2.05) is 19.1 Å². The molecule has 1 aromatic rings. The monoisotopic (exact) mass is 380 g/mol. The molecule has 0 radical (unpaired) electrons. The molecular weight excluding hydrogens is 347 g/mol. The van der Waals surface area contributed by atoms with Gasteiger partial charge in [0.25, 0.3) is 0 Å². The van der Waals surface area contributed by atoms with Crippen LogP contribution in [-0.2, 0) is 6.42 Å². The van der Waals surface area contributed by atoms with Gasteiger partial charge in [-0.05, 0) is 80.8 Å². The molecule has 26 heavy (non-hydrogen) atoms. The van der Waals surface area contributed by atoms with Crippen molar-refractivity contribution < 1.29 is 9.13 Å². The molecule has 0 N–H and O–H groups in total. The smallest absolute Gasteiger partial charge is 0.148 e. The highest BCUT2D eigenvalue weighted by Gasteiger charge is 2.29. The maximum atomic E-state index is 14.5. The van der Waals surface area contributed by atoms with Crippen LogP contribution in [0.25, 0.3) is 0 Å². The maximum Gasteiger partial charge on any atom is 0.148 e. The summed E-state index contributed by atoms with van der Waals surface area (Å²) >= 11 is 6.11. The van der Waals surface area contributed by atoms with Crippen LogP contribution in [0.5, 0.6) is 5.75 Å². The third-order valence-corrected chi connectivity index (χ3v) is 7.22. The molecule has 0 saturated heterocycles. The van der Waals surface area contributed by atoms with Gasteiger partial charge in [-0.2, -0.15) is 0 Å². The van der Waals surface area contributed by atoms with Crippen molar-refractivity contribution in [3.05, 3.63) is 28.5 Å². The van der Waals surface area contributed by atoms with Crippen LogP contribution in [0.15, 0.2) is 12.1 Å². The molecule has 1 nitrogen and oxygen atoms in total. The highest BCUT2D eigenvalue weighted by molar-refractivity contribution is 6.32. The van der Waals surface area contributed by atoms with Crippen LogP contribution in [0.1, 0.15) is 77.2 Å². The largest absolute Gasteiger partial charge is 0.492 e. The van der Waals surface area contributed by atoms with E-state index < -0.39 is 0 Å². The van der Waals surface area contributed by atoms with E-state index in [4.69, 9.17) is 16.3 Å². The number of halogens is 2. The van der Waals surface area contributed by atoms with Gasteiger partial charge in [-0.25, -0.2) is 4.39 Å². The third-order valence-electron chi connectivity index (χ3n) is 6.87. The standard InChI is InChI=1S/C23H34ClFO/c1-3-26-21-15-14-20(23(25)22(21)24)13-8-17-6-11-19(12-7-17)18-9-4-16(2)5-10-18/h14-19H,3-13H2,1-2H3. The van der Waals surface area contributed by atoms with Crippen LogP contribution in [0.2, 0.25) is 5.02 Å². The number of ether oxygens (including phenoxy) is 1. The van der Waals surface area contributed by atoms with Crippen LogP contribution in [0.4, 0.5) is 4.39 Å². The molecule has 0 atom stereocenters. The van der Waals surface area contributed by atoms with Crippen LogP contribution in [-0.4, -0.2) is 6.61 Å². The lowest BCUT2D eigenvalue weighted by atomic mass is 9.69. The molecule has 0 bridgehead atoms. The average Bonchev–Trinajstić information content (AvgIpc) is 2.66. The van der Waals surface area contributed by atoms with E-state index in [-0.39, 0.29) is 10.8 Å². The Morgan fingerprint density at radius 3 is 2.23 bits per heavy atom. The van der Waals surface area contributed by atoms with Crippen LogP contribution in [0.3, 0.4) is 0 Å². The van der Waals surface area contributed by atoms with Gasteiger partial charge in [0.1, 0.15) is 16.6 Å². The highest BCUT2D eigenvalue weighted by Crippen LogP contribution is 2.42. The summed E-state index contributed by atoms with van der Waals surface area (Å²) in [7, 11) is 0. The van der Waals surface area contributed by atoms with Crippen LogP contribution >= 0.6 is 11.6 Å². The van der Waals surface area contributed by atoms with Gasteiger partial charge in [0, 0.05) is 0 Å². The molecule has 2 aliphatic rings. The molecule has 1 aromatic carbocycles. The van der Waals surface area contributed by atoms with E-state index in [9.17, 15) is 4.39 Å². The van der Waals surface area contributed by atoms with Crippen molar-refractivity contribution in [2.24, 2.45) is 23.7 Å². The molecule has 3 rings (SSSR count). The van der Waals surface area contributed by atoms with Gasteiger partial charge >= 0.3 is 0 Å². The first-order chi connectivity index (χ1) is 12.6. The first-order valence-electron chi connectivity index (χ1n) is 10.7. The molecule has 0 heterocycles. The maximum absolute atomic E-state index is 14.5. The lowest BCUT2D eigenvalue weighted by Crippen LogP contribution is -2.25. The Balaban J connectivity index is 1.46. The summed E-state index contributed by atoms with van der Waals surface area (Å²) < 4.78 is 19.8. The summed E-state index contributed by atoms with van der Waals surface area (Å²) in [5.74, 6) is 3.79. The minimum absolute atomic E-state index is 0.139. The molecule has 0 unspecified atom stereocenters. The zero-order valence-electron chi connectivity index (χ0n) is 16.4. The van der Waals surface area contributed by atoms with Crippen molar-refractivity contribution in [3.8, 4) is 5.75 Å². The normalized spacial score (nSPS) is 29.5. The summed E-state index contributed by atoms with van der Waals surface area (Å²) in [5, 5.41) is 0.139. The Morgan fingerprint density at radius 2 is 1.62 bits per heavy atom. The molecule has 0 amide bonds. The van der Waals surface area contributed by atoms with Gasteiger partial charge in [0.05, 0.1) is 6.61 Å². The lowest BCUT2D eigenvalue weighted by molar-refractivity contribution is 0.147. The molecule has 146 valence electrons. The molecule has 2 saturated carbocycles. The van der Waals surface area contributed by atoms with E-state index in [0.29, 0.717) is 12.4 Å². The lowest BCUT2D eigenvalue weighted by Gasteiger charge is -2.37. The summed E-state index contributed by atoms with van der Waals surface area (Å²) in [6.07, 6.45) is 13.0. The Bertz CT molecular complexity index is 572. The van der Waals surface area contributed by atoms with Crippen LogP contribution in [0, 0.1) is 29.5 Å². The highest BCUT2D eigenvalue weighted by atomic mass is 35.5. The fraction of sp³-hybridized carbons (Fsp3) is 0.739. The third kappa shape index (κ3) is 4.94. The number of aryl methyl sites for hydroxylation is 1. The van der Waals surface area contributed by atoms with E-state index in [1.54, 1.807) is 0 Å². The number of hydrogen-bond acceptors (Lipinski definition) is 1. The zero-order valence-corrected chi connectivity index (χ0v) is 17.2. The summed E-state index contributed by atoms with van der Waals surface area (Å²) in [6, 6.07) is 3.66. The number of hydrogen-bond donors (Lipinski definition) is 0. The van der Waals surface area contributed by atoms with Crippen molar-refractivity contribution in [3.63, 3.8) is 0 Å². The molecule has 0 aliphatic heterocycles. The van der Waals surface area contributed by atoms with Gasteiger partial charge < -0.3 is 4.74 Å². The van der Waals surface area contributed by atoms with Crippen molar-refractivity contribution in [1.82, 2.24) is 0 Å². The van der Waals surface area contributed by atoms with E-state index >= 15 is 0 Å². The second-order valence-corrected chi connectivity index (χ2v) is 9.00. The molecule has 0 aromatic heterocycles. The van der Waals surface area contributed by atoms with Crippen molar-refractivity contribution in [2.75, 3.05) is 6.61 Å². The molecule has 3 heteroatoms. The van der Waals surface area contributed by atoms with Crippen LogP contribution < -0.4 is 4.74 Å². The second kappa shape index (κ2) is 9.44. The average molecular weight is 381 g/mol.